The number of hydrogen-bond acceptors (Lipinski definition) is 4. The maximum Gasteiger partial charge on any atom is 0.407 e. The zero-order valence-corrected chi connectivity index (χ0v) is 14.9. The van der Waals surface area contributed by atoms with Gasteiger partial charge in [-0.25, -0.2) is 9.59 Å². The predicted molar refractivity (Wildman–Crippen MR) is 88.9 cm³/mol. The number of amides is 1. The minimum atomic E-state index is -1.99. The van der Waals surface area contributed by atoms with E-state index in [2.05, 4.69) is 30.5 Å². The van der Waals surface area contributed by atoms with Crippen molar-refractivity contribution in [3.63, 3.8) is 0 Å². The lowest BCUT2D eigenvalue weighted by atomic mass is 10.2. The topological polar surface area (TPSA) is 64.6 Å². The lowest BCUT2D eigenvalue weighted by Gasteiger charge is -2.34. The van der Waals surface area contributed by atoms with Gasteiger partial charge in [0.15, 0.2) is 0 Å². The van der Waals surface area contributed by atoms with E-state index in [4.69, 9.17) is 9.47 Å². The van der Waals surface area contributed by atoms with Gasteiger partial charge in [0.2, 0.25) is 0 Å². The third-order valence-electron chi connectivity index (χ3n) is 4.16. The molecule has 1 aromatic carbocycles. The van der Waals surface area contributed by atoms with Crippen molar-refractivity contribution in [1.29, 1.82) is 0 Å². The highest BCUT2D eigenvalue weighted by molar-refractivity contribution is 6.91. The van der Waals surface area contributed by atoms with Crippen molar-refractivity contribution in [2.24, 2.45) is 0 Å². The normalized spacial score (nSPS) is 13.9. The molecule has 0 aliphatic carbocycles. The average molecular weight is 323 g/mol. The molecule has 0 bridgehead atoms. The van der Waals surface area contributed by atoms with Gasteiger partial charge in [-0.3, -0.25) is 0 Å². The number of ether oxygens (including phenoxy) is 2. The van der Waals surface area contributed by atoms with Crippen LogP contribution in [0.3, 0.4) is 0 Å². The number of hydrogen-bond donors (Lipinski definition) is 1. The number of esters is 1. The van der Waals surface area contributed by atoms with E-state index < -0.39 is 26.2 Å². The number of carbonyl (C=O) groups excluding carboxylic acids is 2. The number of benzene rings is 1. The molecule has 5 nitrogen and oxygen atoms in total. The van der Waals surface area contributed by atoms with E-state index in [1.54, 1.807) is 6.92 Å². The second-order valence-corrected chi connectivity index (χ2v) is 10.7. The van der Waals surface area contributed by atoms with Gasteiger partial charge >= 0.3 is 12.1 Å². The number of nitrogens with one attached hydrogen (secondary N) is 1. The number of rotatable bonds is 6. The molecule has 1 rings (SSSR count). The van der Waals surface area contributed by atoms with Gasteiger partial charge in [0.1, 0.15) is 6.04 Å². The van der Waals surface area contributed by atoms with E-state index in [9.17, 15) is 9.59 Å². The maximum atomic E-state index is 12.1. The van der Waals surface area contributed by atoms with Crippen LogP contribution in [0.2, 0.25) is 18.6 Å². The quantitative estimate of drug-likeness (QED) is 0.644. The van der Waals surface area contributed by atoms with Gasteiger partial charge in [-0.2, -0.15) is 0 Å². The first-order valence-electron chi connectivity index (χ1n) is 7.41. The second-order valence-electron chi connectivity index (χ2n) is 5.74. The Kier molecular flexibility index (Phi) is 6.61. The van der Waals surface area contributed by atoms with E-state index in [0.717, 1.165) is 0 Å². The summed E-state index contributed by atoms with van der Waals surface area (Å²) in [5.41, 5.74) is -0.0493. The van der Waals surface area contributed by atoms with Gasteiger partial charge in [0.05, 0.1) is 21.8 Å². The smallest absolute Gasteiger partial charge is 0.407 e. The predicted octanol–water partition coefficient (Wildman–Crippen LogP) is 2.28. The highest BCUT2D eigenvalue weighted by Crippen LogP contribution is 2.26. The Morgan fingerprint density at radius 2 is 1.82 bits per heavy atom. The molecule has 1 aromatic rings. The molecule has 0 heterocycles. The maximum absolute atomic E-state index is 12.1. The van der Waals surface area contributed by atoms with Crippen molar-refractivity contribution >= 4 is 25.3 Å². The van der Waals surface area contributed by atoms with Crippen LogP contribution >= 0.6 is 0 Å². The van der Waals surface area contributed by atoms with Crippen LogP contribution in [0.5, 0.6) is 0 Å². The standard InChI is InChI=1S/C16H25NO4Si/c1-6-21-16(19)17-14(15(18)20-3)12(2)22(4,5)13-10-8-7-9-11-13/h7-12,14H,6H2,1-5H3,(H,17,19)/t12-,14+/m0/s1. The van der Waals surface area contributed by atoms with Crippen LogP contribution in [-0.2, 0) is 14.3 Å². The molecular formula is C16H25NO4Si. The van der Waals surface area contributed by atoms with Crippen LogP contribution in [0, 0.1) is 0 Å². The minimum Gasteiger partial charge on any atom is -0.467 e. The molecule has 1 N–H and O–H groups in total. The molecule has 0 saturated heterocycles. The summed E-state index contributed by atoms with van der Waals surface area (Å²) in [6, 6.07) is 9.37. The molecule has 1 amide bonds. The van der Waals surface area contributed by atoms with Crippen molar-refractivity contribution in [3.05, 3.63) is 30.3 Å². The number of carbonyl (C=O) groups is 2. The first-order chi connectivity index (χ1) is 10.3. The summed E-state index contributed by atoms with van der Waals surface area (Å²) in [5, 5.41) is 3.87. The van der Waals surface area contributed by atoms with Gasteiger partial charge in [0, 0.05) is 0 Å². The molecule has 0 aromatic heterocycles. The highest BCUT2D eigenvalue weighted by Gasteiger charge is 2.40. The molecule has 0 radical (unpaired) electrons. The first kappa shape index (κ1) is 18.2. The lowest BCUT2D eigenvalue weighted by Crippen LogP contribution is -2.56. The summed E-state index contributed by atoms with van der Waals surface area (Å²) in [6.45, 7) is 8.31. The molecule has 2 atom stereocenters. The van der Waals surface area contributed by atoms with Gasteiger partial charge in [-0.1, -0.05) is 55.5 Å². The molecule has 22 heavy (non-hydrogen) atoms. The zero-order valence-electron chi connectivity index (χ0n) is 13.9. The summed E-state index contributed by atoms with van der Waals surface area (Å²) in [4.78, 5) is 23.8. The fourth-order valence-electron chi connectivity index (χ4n) is 2.36. The second kappa shape index (κ2) is 7.98. The molecule has 0 saturated carbocycles. The molecule has 6 heteroatoms. The average Bonchev–Trinajstić information content (AvgIpc) is 2.52. The largest absolute Gasteiger partial charge is 0.467 e. The van der Waals surface area contributed by atoms with Crippen LogP contribution < -0.4 is 10.5 Å². The molecular weight excluding hydrogens is 298 g/mol. The highest BCUT2D eigenvalue weighted by atomic mass is 28.3. The van der Waals surface area contributed by atoms with E-state index in [1.807, 2.05) is 25.1 Å². The first-order valence-corrected chi connectivity index (χ1v) is 10.5. The third kappa shape index (κ3) is 4.33. The van der Waals surface area contributed by atoms with Crippen LogP contribution in [0.4, 0.5) is 4.79 Å². The summed E-state index contributed by atoms with van der Waals surface area (Å²) in [6.07, 6.45) is -0.595. The summed E-state index contributed by atoms with van der Waals surface area (Å²) < 4.78 is 9.75. The van der Waals surface area contributed by atoms with E-state index in [0.29, 0.717) is 0 Å². The Morgan fingerprint density at radius 3 is 2.32 bits per heavy atom. The van der Waals surface area contributed by atoms with Crippen LogP contribution in [0.1, 0.15) is 13.8 Å². The van der Waals surface area contributed by atoms with Crippen LogP contribution in [0.15, 0.2) is 30.3 Å². The third-order valence-corrected chi connectivity index (χ3v) is 8.59. The van der Waals surface area contributed by atoms with Crippen molar-refractivity contribution < 1.29 is 19.1 Å². The molecule has 0 fully saturated rings. The Bertz CT molecular complexity index is 504. The number of methoxy groups -OCH3 is 1. The molecule has 0 unspecified atom stereocenters. The van der Waals surface area contributed by atoms with Crippen molar-refractivity contribution in [1.82, 2.24) is 5.32 Å². The van der Waals surface area contributed by atoms with E-state index in [-0.39, 0.29) is 12.1 Å². The van der Waals surface area contributed by atoms with Gasteiger partial charge in [-0.15, -0.1) is 0 Å². The summed E-state index contributed by atoms with van der Waals surface area (Å²) in [5.74, 6) is -0.447. The van der Waals surface area contributed by atoms with Crippen molar-refractivity contribution in [3.8, 4) is 0 Å². The van der Waals surface area contributed by atoms with E-state index >= 15 is 0 Å². The fraction of sp³-hybridized carbons (Fsp3) is 0.500. The van der Waals surface area contributed by atoms with E-state index in [1.165, 1.54) is 12.3 Å². The Morgan fingerprint density at radius 1 is 1.23 bits per heavy atom. The monoisotopic (exact) mass is 323 g/mol. The zero-order chi connectivity index (χ0) is 16.8. The molecule has 122 valence electrons. The summed E-state index contributed by atoms with van der Waals surface area (Å²) in [7, 11) is -0.660. The lowest BCUT2D eigenvalue weighted by molar-refractivity contribution is -0.143. The Hall–Kier alpha value is -1.82. The van der Waals surface area contributed by atoms with Crippen LogP contribution in [0.25, 0.3) is 0 Å². The SMILES string of the molecule is CCOC(=O)N[C@@H](C(=O)OC)[C@H](C)[Si](C)(C)c1ccccc1. The number of alkyl carbamates (subject to hydrolysis) is 1. The van der Waals surface area contributed by atoms with Gasteiger partial charge in [0.25, 0.3) is 0 Å². The van der Waals surface area contributed by atoms with Gasteiger partial charge < -0.3 is 14.8 Å². The molecule has 0 aliphatic heterocycles. The van der Waals surface area contributed by atoms with Crippen LogP contribution in [-0.4, -0.2) is 39.9 Å². The summed E-state index contributed by atoms with van der Waals surface area (Å²) >= 11 is 0. The fourth-order valence-corrected chi connectivity index (χ4v) is 4.99. The minimum absolute atomic E-state index is 0.0493. The van der Waals surface area contributed by atoms with Crippen molar-refractivity contribution in [2.45, 2.75) is 38.5 Å². The van der Waals surface area contributed by atoms with Crippen molar-refractivity contribution in [2.75, 3.05) is 13.7 Å². The molecule has 0 aliphatic rings. The Labute approximate surface area is 133 Å². The molecule has 0 spiro atoms. The Balaban J connectivity index is 3.02. The van der Waals surface area contributed by atoms with Gasteiger partial charge in [-0.05, 0) is 12.5 Å².